The number of likely N-dealkylation sites (tertiary alicyclic amines) is 1. The molecule has 1 N–H and O–H groups in total. The molecule has 2 heterocycles. The molecule has 5 nitrogen and oxygen atoms in total. The lowest BCUT2D eigenvalue weighted by atomic mass is 10.0. The molecule has 2 fully saturated rings. The molecule has 1 aromatic rings. The van der Waals surface area contributed by atoms with E-state index in [9.17, 15) is 4.79 Å². The van der Waals surface area contributed by atoms with E-state index in [1.165, 1.54) is 37.0 Å². The first-order valence-electron chi connectivity index (χ1n) is 7.06. The highest BCUT2D eigenvalue weighted by atomic mass is 32.1. The van der Waals surface area contributed by atoms with Gasteiger partial charge in [0.15, 0.2) is 0 Å². The van der Waals surface area contributed by atoms with Crippen molar-refractivity contribution in [2.45, 2.75) is 38.5 Å². The second kappa shape index (κ2) is 5.54. The van der Waals surface area contributed by atoms with Crippen molar-refractivity contribution in [3.63, 3.8) is 0 Å². The van der Waals surface area contributed by atoms with Gasteiger partial charge in [-0.05, 0) is 38.1 Å². The maximum Gasteiger partial charge on any atom is 0.240 e. The Morgan fingerprint density at radius 3 is 3.00 bits per heavy atom. The number of carbonyl (C=O) groups is 1. The van der Waals surface area contributed by atoms with Crippen LogP contribution in [0.2, 0.25) is 0 Å². The summed E-state index contributed by atoms with van der Waals surface area (Å²) in [4.78, 5) is 14.2. The number of amides is 1. The van der Waals surface area contributed by atoms with Gasteiger partial charge in [0.1, 0.15) is 5.01 Å². The summed E-state index contributed by atoms with van der Waals surface area (Å²) in [7, 11) is 0. The summed E-state index contributed by atoms with van der Waals surface area (Å²) in [6.45, 7) is 4.78. The van der Waals surface area contributed by atoms with Crippen molar-refractivity contribution in [3.8, 4) is 0 Å². The first-order chi connectivity index (χ1) is 9.20. The van der Waals surface area contributed by atoms with Crippen LogP contribution in [0, 0.1) is 5.92 Å². The van der Waals surface area contributed by atoms with Gasteiger partial charge in [0.25, 0.3) is 0 Å². The van der Waals surface area contributed by atoms with E-state index in [1.807, 2.05) is 0 Å². The summed E-state index contributed by atoms with van der Waals surface area (Å²) in [6.07, 6.45) is 4.90. The predicted molar refractivity (Wildman–Crippen MR) is 75.4 cm³/mol. The lowest BCUT2D eigenvalue weighted by molar-refractivity contribution is -0.117. The lowest BCUT2D eigenvalue weighted by Gasteiger charge is -2.29. The number of hydrogen-bond donors (Lipinski definition) is 1. The Morgan fingerprint density at radius 2 is 2.26 bits per heavy atom. The minimum absolute atomic E-state index is 0.0348. The molecule has 1 saturated carbocycles. The monoisotopic (exact) mass is 280 g/mol. The summed E-state index contributed by atoms with van der Waals surface area (Å²) >= 11 is 1.52. The van der Waals surface area contributed by atoms with Crippen LogP contribution in [0.15, 0.2) is 0 Å². The summed E-state index contributed by atoms with van der Waals surface area (Å²) in [5.74, 6) is 1.34. The van der Waals surface area contributed by atoms with Crippen molar-refractivity contribution in [1.29, 1.82) is 0 Å². The average molecular weight is 280 g/mol. The van der Waals surface area contributed by atoms with Gasteiger partial charge in [0, 0.05) is 12.5 Å². The zero-order valence-corrected chi connectivity index (χ0v) is 12.1. The topological polar surface area (TPSA) is 58.1 Å². The molecule has 0 aromatic carbocycles. The van der Waals surface area contributed by atoms with E-state index in [0.717, 1.165) is 18.1 Å². The zero-order valence-electron chi connectivity index (χ0n) is 11.3. The molecule has 6 heteroatoms. The summed E-state index contributed by atoms with van der Waals surface area (Å²) in [6, 6.07) is 0. The first kappa shape index (κ1) is 13.0. The zero-order chi connectivity index (χ0) is 13.2. The molecule has 1 saturated heterocycles. The normalized spacial score (nSPS) is 24.4. The summed E-state index contributed by atoms with van der Waals surface area (Å²) in [5, 5.41) is 12.8. The number of hydrogen-bond acceptors (Lipinski definition) is 5. The molecule has 1 aromatic heterocycles. The van der Waals surface area contributed by atoms with Crippen molar-refractivity contribution >= 4 is 22.4 Å². The highest BCUT2D eigenvalue weighted by Crippen LogP contribution is 2.41. The fraction of sp³-hybridized carbons (Fsp3) is 0.769. The molecule has 19 heavy (non-hydrogen) atoms. The summed E-state index contributed by atoms with van der Waals surface area (Å²) < 4.78 is 0. The molecular formula is C13H20N4OS. The molecule has 0 unspecified atom stereocenters. The number of carbonyl (C=O) groups excluding carboxylic acids is 1. The van der Waals surface area contributed by atoms with Crippen LogP contribution in [-0.4, -0.2) is 40.6 Å². The Kier molecular flexibility index (Phi) is 3.79. The highest BCUT2D eigenvalue weighted by Gasteiger charge is 2.28. The van der Waals surface area contributed by atoms with Crippen molar-refractivity contribution in [1.82, 2.24) is 15.1 Å². The van der Waals surface area contributed by atoms with Gasteiger partial charge >= 0.3 is 0 Å². The van der Waals surface area contributed by atoms with Crippen LogP contribution in [0.1, 0.15) is 43.5 Å². The maximum atomic E-state index is 12.0. The molecule has 104 valence electrons. The largest absolute Gasteiger partial charge is 0.299 e. The molecule has 0 bridgehead atoms. The average Bonchev–Trinajstić information content (AvgIpc) is 3.11. The Bertz CT molecular complexity index is 457. The van der Waals surface area contributed by atoms with Gasteiger partial charge in [-0.15, -0.1) is 10.2 Å². The third-order valence-corrected chi connectivity index (χ3v) is 4.72. The van der Waals surface area contributed by atoms with Gasteiger partial charge in [0.05, 0.1) is 6.54 Å². The third kappa shape index (κ3) is 3.51. The number of nitrogens with zero attached hydrogens (tertiary/aromatic N) is 3. The van der Waals surface area contributed by atoms with E-state index in [-0.39, 0.29) is 5.91 Å². The number of anilines is 1. The molecule has 0 radical (unpaired) electrons. The van der Waals surface area contributed by atoms with Gasteiger partial charge in [-0.2, -0.15) is 0 Å². The minimum Gasteiger partial charge on any atom is -0.299 e. The SMILES string of the molecule is C[C@H]1CCCN(CC(=O)Nc2nnc(C3CC3)s2)C1. The smallest absolute Gasteiger partial charge is 0.240 e. The van der Waals surface area contributed by atoms with E-state index in [4.69, 9.17) is 0 Å². The fourth-order valence-corrected chi connectivity index (χ4v) is 3.50. The van der Waals surface area contributed by atoms with E-state index < -0.39 is 0 Å². The molecular weight excluding hydrogens is 260 g/mol. The van der Waals surface area contributed by atoms with E-state index >= 15 is 0 Å². The number of piperidine rings is 1. The predicted octanol–water partition coefficient (Wildman–Crippen LogP) is 2.09. The van der Waals surface area contributed by atoms with Crippen LogP contribution >= 0.6 is 11.3 Å². The number of rotatable bonds is 4. The standard InChI is InChI=1S/C13H20N4OS/c1-9-3-2-6-17(7-9)8-11(18)14-13-16-15-12(19-13)10-4-5-10/h9-10H,2-8H2,1H3,(H,14,16,18)/t9-/m0/s1. The van der Waals surface area contributed by atoms with Crippen LogP contribution in [0.3, 0.4) is 0 Å². The van der Waals surface area contributed by atoms with Crippen LogP contribution in [0.4, 0.5) is 5.13 Å². The Morgan fingerprint density at radius 1 is 1.42 bits per heavy atom. The molecule has 3 rings (SSSR count). The molecule has 1 amide bonds. The first-order valence-corrected chi connectivity index (χ1v) is 7.88. The van der Waals surface area contributed by atoms with Gasteiger partial charge in [-0.25, -0.2) is 0 Å². The van der Waals surface area contributed by atoms with E-state index in [2.05, 4.69) is 27.3 Å². The molecule has 0 spiro atoms. The van der Waals surface area contributed by atoms with Crippen molar-refractivity contribution in [2.75, 3.05) is 25.0 Å². The quantitative estimate of drug-likeness (QED) is 0.917. The molecule has 1 aliphatic carbocycles. The van der Waals surface area contributed by atoms with Crippen LogP contribution in [0.5, 0.6) is 0 Å². The second-order valence-corrected chi connectivity index (χ2v) is 6.76. The Hall–Kier alpha value is -1.01. The fourth-order valence-electron chi connectivity index (χ4n) is 2.57. The second-order valence-electron chi connectivity index (χ2n) is 5.75. The van der Waals surface area contributed by atoms with E-state index in [0.29, 0.717) is 23.5 Å². The maximum absolute atomic E-state index is 12.0. The lowest BCUT2D eigenvalue weighted by Crippen LogP contribution is -2.39. The highest BCUT2D eigenvalue weighted by molar-refractivity contribution is 7.15. The van der Waals surface area contributed by atoms with E-state index in [1.54, 1.807) is 0 Å². The van der Waals surface area contributed by atoms with Gasteiger partial charge < -0.3 is 0 Å². The van der Waals surface area contributed by atoms with Gasteiger partial charge in [-0.1, -0.05) is 18.3 Å². The number of aromatic nitrogens is 2. The van der Waals surface area contributed by atoms with Crippen molar-refractivity contribution < 1.29 is 4.79 Å². The summed E-state index contributed by atoms with van der Waals surface area (Å²) in [5.41, 5.74) is 0. The molecule has 2 aliphatic rings. The molecule has 1 aliphatic heterocycles. The van der Waals surface area contributed by atoms with Crippen molar-refractivity contribution in [2.24, 2.45) is 5.92 Å². The van der Waals surface area contributed by atoms with Crippen LogP contribution in [-0.2, 0) is 4.79 Å². The van der Waals surface area contributed by atoms with Crippen LogP contribution in [0.25, 0.3) is 0 Å². The Balaban J connectivity index is 1.49. The Labute approximate surface area is 117 Å². The molecule has 1 atom stereocenters. The van der Waals surface area contributed by atoms with Gasteiger partial charge in [0.2, 0.25) is 11.0 Å². The third-order valence-electron chi connectivity index (χ3n) is 3.72. The number of nitrogens with one attached hydrogen (secondary N) is 1. The van der Waals surface area contributed by atoms with Crippen molar-refractivity contribution in [3.05, 3.63) is 5.01 Å². The van der Waals surface area contributed by atoms with Crippen LogP contribution < -0.4 is 5.32 Å². The van der Waals surface area contributed by atoms with Gasteiger partial charge in [-0.3, -0.25) is 15.0 Å². The minimum atomic E-state index is 0.0348.